The van der Waals surface area contributed by atoms with Gasteiger partial charge in [0.25, 0.3) is 16.6 Å². The molecule has 2 aromatic rings. The SMILES string of the molecule is COC(=O)Cc1ccc(O[Si](C)(C)C(C)(C)C)cn1.Cc1ccc(O[Si](C)(C)C(C)(C)C)cn1. The van der Waals surface area contributed by atoms with Crippen molar-refractivity contribution in [3.8, 4) is 11.5 Å². The molecule has 0 atom stereocenters. The maximum Gasteiger partial charge on any atom is 0.311 e. The fourth-order valence-corrected chi connectivity index (χ4v) is 4.24. The van der Waals surface area contributed by atoms with Crippen LogP contribution in [-0.2, 0) is 16.0 Å². The van der Waals surface area contributed by atoms with Crippen LogP contribution in [0.3, 0.4) is 0 Å². The normalized spacial score (nSPS) is 12.4. The fraction of sp³-hybridized carbons (Fsp3) is 0.577. The van der Waals surface area contributed by atoms with Gasteiger partial charge in [0, 0.05) is 5.69 Å². The molecule has 2 aromatic heterocycles. The molecular formula is C26H44N2O4Si2. The number of rotatable bonds is 6. The predicted molar refractivity (Wildman–Crippen MR) is 145 cm³/mol. The van der Waals surface area contributed by atoms with Crippen LogP contribution in [-0.4, -0.2) is 39.7 Å². The van der Waals surface area contributed by atoms with Gasteiger partial charge in [-0.05, 0) is 67.5 Å². The molecule has 0 aromatic carbocycles. The smallest absolute Gasteiger partial charge is 0.311 e. The standard InChI is InChI=1S/C14H23NO3Si.C12H21NOSi/c1-14(2,3)19(5,6)18-12-8-7-11(15-10-12)9-13(16)17-4;1-10-7-8-11(9-13-10)14-15(5,6)12(2,3)4/h7-8,10H,9H2,1-6H3;7-9H,1-6H3. The van der Waals surface area contributed by atoms with Gasteiger partial charge in [0.1, 0.15) is 11.5 Å². The molecule has 0 amide bonds. The molecule has 0 aliphatic carbocycles. The minimum absolute atomic E-state index is 0.150. The lowest BCUT2D eigenvalue weighted by atomic mass is 10.2. The van der Waals surface area contributed by atoms with Crippen LogP contribution in [0.1, 0.15) is 52.9 Å². The minimum atomic E-state index is -1.83. The number of esters is 1. The van der Waals surface area contributed by atoms with E-state index in [0.717, 1.165) is 17.2 Å². The molecule has 0 aliphatic rings. The van der Waals surface area contributed by atoms with Crippen LogP contribution < -0.4 is 8.85 Å². The van der Waals surface area contributed by atoms with E-state index in [4.69, 9.17) is 8.85 Å². The van der Waals surface area contributed by atoms with E-state index in [1.165, 1.54) is 7.11 Å². The van der Waals surface area contributed by atoms with Gasteiger partial charge in [-0.3, -0.25) is 14.8 Å². The molecule has 2 heterocycles. The molecule has 8 heteroatoms. The van der Waals surface area contributed by atoms with Gasteiger partial charge < -0.3 is 13.6 Å². The summed E-state index contributed by atoms with van der Waals surface area (Å²) < 4.78 is 16.8. The summed E-state index contributed by atoms with van der Waals surface area (Å²) in [4.78, 5) is 19.6. The minimum Gasteiger partial charge on any atom is -0.542 e. The Balaban J connectivity index is 0.000000350. The maximum atomic E-state index is 11.1. The second kappa shape index (κ2) is 11.5. The lowest BCUT2D eigenvalue weighted by Gasteiger charge is -2.36. The van der Waals surface area contributed by atoms with Crippen molar-refractivity contribution in [2.45, 2.75) is 91.2 Å². The highest BCUT2D eigenvalue weighted by molar-refractivity contribution is 6.75. The summed E-state index contributed by atoms with van der Waals surface area (Å²) in [7, 11) is -2.16. The average Bonchev–Trinajstić information content (AvgIpc) is 2.69. The Kier molecular flexibility index (Phi) is 10.1. The summed E-state index contributed by atoms with van der Waals surface area (Å²) in [6, 6.07) is 7.66. The molecule has 0 aliphatic heterocycles. The van der Waals surface area contributed by atoms with E-state index in [1.807, 2.05) is 31.3 Å². The van der Waals surface area contributed by atoms with E-state index < -0.39 is 16.6 Å². The van der Waals surface area contributed by atoms with Crippen LogP contribution in [0.4, 0.5) is 0 Å². The van der Waals surface area contributed by atoms with Gasteiger partial charge >= 0.3 is 5.97 Å². The largest absolute Gasteiger partial charge is 0.542 e. The van der Waals surface area contributed by atoms with Crippen molar-refractivity contribution in [1.82, 2.24) is 9.97 Å². The van der Waals surface area contributed by atoms with Crippen molar-refractivity contribution in [3.05, 3.63) is 48.0 Å². The number of ether oxygens (including phenoxy) is 1. The first-order chi connectivity index (χ1) is 15.4. The van der Waals surface area contributed by atoms with Gasteiger partial charge in [0.15, 0.2) is 0 Å². The van der Waals surface area contributed by atoms with Crippen molar-refractivity contribution in [2.24, 2.45) is 0 Å². The zero-order chi connectivity index (χ0) is 26.4. The fourth-order valence-electron chi connectivity index (χ4n) is 2.21. The number of hydrogen-bond donors (Lipinski definition) is 0. The second-order valence-electron chi connectivity index (χ2n) is 11.6. The number of carbonyl (C=O) groups excluding carboxylic acids is 1. The molecule has 0 bridgehead atoms. The third kappa shape index (κ3) is 9.21. The van der Waals surface area contributed by atoms with Gasteiger partial charge in [-0.2, -0.15) is 0 Å². The molecule has 34 heavy (non-hydrogen) atoms. The van der Waals surface area contributed by atoms with Gasteiger partial charge in [-0.15, -0.1) is 0 Å². The van der Waals surface area contributed by atoms with Crippen molar-refractivity contribution in [1.29, 1.82) is 0 Å². The Morgan fingerprint density at radius 1 is 0.794 bits per heavy atom. The Bertz CT molecular complexity index is 914. The van der Waals surface area contributed by atoms with Crippen molar-refractivity contribution >= 4 is 22.6 Å². The number of carbonyl (C=O) groups is 1. The van der Waals surface area contributed by atoms with Gasteiger partial charge in [-0.1, -0.05) is 41.5 Å². The first-order valence-electron chi connectivity index (χ1n) is 11.7. The van der Waals surface area contributed by atoms with Crippen LogP contribution in [0.25, 0.3) is 0 Å². The molecule has 0 unspecified atom stereocenters. The summed E-state index contributed by atoms with van der Waals surface area (Å²) in [5, 5.41) is 0.384. The monoisotopic (exact) mass is 504 g/mol. The molecule has 2 rings (SSSR count). The van der Waals surface area contributed by atoms with Crippen LogP contribution in [0.2, 0.25) is 36.3 Å². The van der Waals surface area contributed by atoms with E-state index >= 15 is 0 Å². The number of hydrogen-bond acceptors (Lipinski definition) is 6. The van der Waals surface area contributed by atoms with Crippen LogP contribution >= 0.6 is 0 Å². The molecule has 0 radical (unpaired) electrons. The number of methoxy groups -OCH3 is 1. The molecule has 6 nitrogen and oxygen atoms in total. The Labute approximate surface area is 208 Å². The zero-order valence-electron chi connectivity index (χ0n) is 23.2. The Hall–Kier alpha value is -2.20. The van der Waals surface area contributed by atoms with Crippen molar-refractivity contribution in [2.75, 3.05) is 7.11 Å². The Morgan fingerprint density at radius 3 is 1.56 bits per heavy atom. The highest BCUT2D eigenvalue weighted by atomic mass is 28.4. The van der Waals surface area contributed by atoms with Crippen molar-refractivity contribution in [3.63, 3.8) is 0 Å². The third-order valence-electron chi connectivity index (χ3n) is 6.59. The maximum absolute atomic E-state index is 11.1. The summed E-state index contributed by atoms with van der Waals surface area (Å²) >= 11 is 0. The van der Waals surface area contributed by atoms with Crippen LogP contribution in [0.15, 0.2) is 36.7 Å². The molecule has 190 valence electrons. The Morgan fingerprint density at radius 2 is 1.24 bits per heavy atom. The molecule has 0 fully saturated rings. The molecule has 0 N–H and O–H groups in total. The first-order valence-corrected chi connectivity index (χ1v) is 17.5. The summed E-state index contributed by atoms with van der Waals surface area (Å²) in [5.74, 6) is 1.37. The quantitative estimate of drug-likeness (QED) is 0.313. The van der Waals surface area contributed by atoms with E-state index in [-0.39, 0.29) is 22.5 Å². The summed E-state index contributed by atoms with van der Waals surface area (Å²) in [6.45, 7) is 24.1. The number of aryl methyl sites for hydroxylation is 1. The first kappa shape index (κ1) is 29.8. The highest BCUT2D eigenvalue weighted by Crippen LogP contribution is 2.38. The van der Waals surface area contributed by atoms with E-state index in [0.29, 0.717) is 5.69 Å². The molecule has 0 saturated carbocycles. The third-order valence-corrected chi connectivity index (χ3v) is 15.3. The molecular weight excluding hydrogens is 460 g/mol. The summed E-state index contributed by atoms with van der Waals surface area (Å²) in [6.07, 6.45) is 3.69. The van der Waals surface area contributed by atoms with Crippen molar-refractivity contribution < 1.29 is 18.4 Å². The summed E-state index contributed by atoms with van der Waals surface area (Å²) in [5.41, 5.74) is 1.71. The van der Waals surface area contributed by atoms with E-state index in [1.54, 1.807) is 12.3 Å². The number of nitrogens with zero attached hydrogens (tertiary/aromatic N) is 2. The lowest BCUT2D eigenvalue weighted by molar-refractivity contribution is -0.139. The highest BCUT2D eigenvalue weighted by Gasteiger charge is 2.39. The number of pyridine rings is 2. The second-order valence-corrected chi connectivity index (χ2v) is 21.0. The van der Waals surface area contributed by atoms with Gasteiger partial charge in [0.05, 0.1) is 31.6 Å². The molecule has 0 saturated heterocycles. The van der Waals surface area contributed by atoms with Crippen LogP contribution in [0.5, 0.6) is 11.5 Å². The van der Waals surface area contributed by atoms with Gasteiger partial charge in [0.2, 0.25) is 0 Å². The lowest BCUT2D eigenvalue weighted by Crippen LogP contribution is -2.43. The average molecular weight is 505 g/mol. The van der Waals surface area contributed by atoms with Gasteiger partial charge in [-0.25, -0.2) is 0 Å². The topological polar surface area (TPSA) is 70.5 Å². The predicted octanol–water partition coefficient (Wildman–Crippen LogP) is 6.96. The van der Waals surface area contributed by atoms with Crippen LogP contribution in [0, 0.1) is 6.92 Å². The van der Waals surface area contributed by atoms with E-state index in [9.17, 15) is 4.79 Å². The number of aromatic nitrogens is 2. The van der Waals surface area contributed by atoms with E-state index in [2.05, 4.69) is 82.4 Å². The zero-order valence-corrected chi connectivity index (χ0v) is 25.2. The molecule has 0 spiro atoms.